The Morgan fingerprint density at radius 2 is 2.22 bits per heavy atom. The largest absolute Gasteiger partial charge is 0.486 e. The minimum Gasteiger partial charge on any atom is -0.486 e. The minimum atomic E-state index is -0.389. The number of nitrogens with zero attached hydrogens (tertiary/aromatic N) is 1. The summed E-state index contributed by atoms with van der Waals surface area (Å²) in [5, 5.41) is 0. The predicted octanol–water partition coefficient (Wildman–Crippen LogP) is 2.66. The Morgan fingerprint density at radius 1 is 1.44 bits per heavy atom. The zero-order valence-electron chi connectivity index (χ0n) is 11.0. The number of hydrogen-bond acceptors (Lipinski definition) is 3. The van der Waals surface area contributed by atoms with Crippen LogP contribution in [0.5, 0.6) is 5.75 Å². The first-order chi connectivity index (χ1) is 8.58. The van der Waals surface area contributed by atoms with Crippen molar-refractivity contribution in [3.8, 4) is 5.75 Å². The maximum Gasteiger partial charge on any atom is 0.167 e. The van der Waals surface area contributed by atoms with Crippen LogP contribution in [-0.4, -0.2) is 30.6 Å². The Balaban J connectivity index is 2.03. The Morgan fingerprint density at radius 3 is 2.89 bits per heavy atom. The maximum atomic E-state index is 13.7. The van der Waals surface area contributed by atoms with E-state index in [1.807, 2.05) is 6.92 Å². The van der Waals surface area contributed by atoms with Crippen LogP contribution in [0.25, 0.3) is 0 Å². The number of hydrogen-bond donors (Lipinski definition) is 1. The van der Waals surface area contributed by atoms with E-state index in [0.29, 0.717) is 11.7 Å². The lowest BCUT2D eigenvalue weighted by Crippen LogP contribution is -2.45. The summed E-state index contributed by atoms with van der Waals surface area (Å²) in [5.41, 5.74) is 5.94. The molecule has 1 fully saturated rings. The number of nitrogens with two attached hydrogens (primary N) is 1. The molecule has 0 radical (unpaired) electrons. The van der Waals surface area contributed by atoms with Crippen molar-refractivity contribution < 1.29 is 9.13 Å². The van der Waals surface area contributed by atoms with Crippen LogP contribution in [0.1, 0.15) is 26.2 Å². The predicted molar refractivity (Wildman–Crippen MR) is 71.2 cm³/mol. The Kier molecular flexibility index (Phi) is 4.07. The summed E-state index contributed by atoms with van der Waals surface area (Å²) in [6.45, 7) is 3.09. The van der Waals surface area contributed by atoms with Crippen molar-refractivity contribution in [1.82, 2.24) is 4.90 Å². The molecule has 0 spiro atoms. The average molecular weight is 252 g/mol. The molecule has 100 valence electrons. The molecule has 0 bridgehead atoms. The van der Waals surface area contributed by atoms with Crippen molar-refractivity contribution in [3.63, 3.8) is 0 Å². The number of likely N-dealkylation sites (N-methyl/N-ethyl adjacent to an activating group) is 1. The number of nitrogen functional groups attached to an aromatic ring is 1. The van der Waals surface area contributed by atoms with E-state index in [-0.39, 0.29) is 17.7 Å². The summed E-state index contributed by atoms with van der Waals surface area (Å²) >= 11 is 0. The van der Waals surface area contributed by atoms with E-state index < -0.39 is 0 Å². The van der Waals surface area contributed by atoms with E-state index in [0.717, 1.165) is 13.0 Å². The molecule has 2 N–H and O–H groups in total. The van der Waals surface area contributed by atoms with E-state index in [4.69, 9.17) is 10.5 Å². The SMILES string of the molecule is CC(Oc1ccc(N)cc1F)C1CCCCN1C. The van der Waals surface area contributed by atoms with Crippen LogP contribution in [0.4, 0.5) is 10.1 Å². The van der Waals surface area contributed by atoms with Gasteiger partial charge in [-0.2, -0.15) is 0 Å². The van der Waals surface area contributed by atoms with Gasteiger partial charge in [-0.3, -0.25) is 4.90 Å². The highest BCUT2D eigenvalue weighted by Crippen LogP contribution is 2.25. The Labute approximate surface area is 108 Å². The van der Waals surface area contributed by atoms with Gasteiger partial charge in [-0.15, -0.1) is 0 Å². The van der Waals surface area contributed by atoms with Crippen LogP contribution in [0.2, 0.25) is 0 Å². The van der Waals surface area contributed by atoms with Gasteiger partial charge in [0.1, 0.15) is 6.10 Å². The molecule has 2 rings (SSSR count). The summed E-state index contributed by atoms with van der Waals surface area (Å²) in [5.74, 6) is -0.101. The molecule has 1 aromatic rings. The smallest absolute Gasteiger partial charge is 0.167 e. The van der Waals surface area contributed by atoms with Crippen molar-refractivity contribution in [1.29, 1.82) is 0 Å². The molecule has 0 amide bonds. The molecular formula is C14H21FN2O. The maximum absolute atomic E-state index is 13.7. The quantitative estimate of drug-likeness (QED) is 0.840. The zero-order chi connectivity index (χ0) is 13.1. The second kappa shape index (κ2) is 5.57. The zero-order valence-corrected chi connectivity index (χ0v) is 11.0. The van der Waals surface area contributed by atoms with E-state index in [1.165, 1.54) is 18.9 Å². The Hall–Kier alpha value is -1.29. The van der Waals surface area contributed by atoms with Crippen LogP contribution in [0, 0.1) is 5.82 Å². The third kappa shape index (κ3) is 2.93. The first kappa shape index (κ1) is 13.1. The summed E-state index contributed by atoms with van der Waals surface area (Å²) < 4.78 is 19.4. The van der Waals surface area contributed by atoms with Crippen molar-refractivity contribution >= 4 is 5.69 Å². The summed E-state index contributed by atoms with van der Waals surface area (Å²) in [6, 6.07) is 4.92. The number of benzene rings is 1. The van der Waals surface area contributed by atoms with Crippen LogP contribution in [-0.2, 0) is 0 Å². The fourth-order valence-electron chi connectivity index (χ4n) is 2.59. The molecule has 4 heteroatoms. The van der Waals surface area contributed by atoms with Crippen molar-refractivity contribution in [2.75, 3.05) is 19.3 Å². The third-order valence-corrected chi connectivity index (χ3v) is 3.64. The molecule has 0 saturated carbocycles. The second-order valence-electron chi connectivity index (χ2n) is 5.06. The molecule has 1 heterocycles. The molecule has 0 aromatic heterocycles. The van der Waals surface area contributed by atoms with Crippen molar-refractivity contribution in [2.45, 2.75) is 38.3 Å². The topological polar surface area (TPSA) is 38.5 Å². The van der Waals surface area contributed by atoms with Gasteiger partial charge in [-0.25, -0.2) is 4.39 Å². The number of likely N-dealkylation sites (tertiary alicyclic amines) is 1. The highest BCUT2D eigenvalue weighted by atomic mass is 19.1. The average Bonchev–Trinajstić information content (AvgIpc) is 2.33. The molecule has 18 heavy (non-hydrogen) atoms. The van der Waals surface area contributed by atoms with Crippen molar-refractivity contribution in [2.24, 2.45) is 0 Å². The van der Waals surface area contributed by atoms with Crippen LogP contribution < -0.4 is 10.5 Å². The first-order valence-electron chi connectivity index (χ1n) is 6.50. The molecule has 2 atom stereocenters. The summed E-state index contributed by atoms with van der Waals surface area (Å²) in [7, 11) is 2.10. The van der Waals surface area contributed by atoms with Gasteiger partial charge in [0.15, 0.2) is 11.6 Å². The van der Waals surface area contributed by atoms with E-state index in [2.05, 4.69) is 11.9 Å². The highest BCUT2D eigenvalue weighted by molar-refractivity contribution is 5.42. The van der Waals surface area contributed by atoms with Crippen LogP contribution in [0.15, 0.2) is 18.2 Å². The first-order valence-corrected chi connectivity index (χ1v) is 6.50. The number of rotatable bonds is 3. The molecule has 3 nitrogen and oxygen atoms in total. The van der Waals surface area contributed by atoms with Gasteiger partial charge in [0.2, 0.25) is 0 Å². The Bertz CT molecular complexity index is 411. The molecule has 1 aliphatic heterocycles. The van der Waals surface area contributed by atoms with Gasteiger partial charge in [0.25, 0.3) is 0 Å². The summed E-state index contributed by atoms with van der Waals surface area (Å²) in [4.78, 5) is 2.30. The number of halogens is 1. The molecule has 1 aromatic carbocycles. The highest BCUT2D eigenvalue weighted by Gasteiger charge is 2.26. The number of anilines is 1. The molecular weight excluding hydrogens is 231 g/mol. The van der Waals surface area contributed by atoms with Gasteiger partial charge < -0.3 is 10.5 Å². The van der Waals surface area contributed by atoms with E-state index in [1.54, 1.807) is 12.1 Å². The lowest BCUT2D eigenvalue weighted by Gasteiger charge is -2.36. The van der Waals surface area contributed by atoms with Crippen molar-refractivity contribution in [3.05, 3.63) is 24.0 Å². The normalized spacial score (nSPS) is 22.7. The van der Waals surface area contributed by atoms with Crippen LogP contribution in [0.3, 0.4) is 0 Å². The fraction of sp³-hybridized carbons (Fsp3) is 0.571. The number of piperidine rings is 1. The number of ether oxygens (including phenoxy) is 1. The molecule has 1 aliphatic rings. The van der Waals surface area contributed by atoms with Gasteiger partial charge >= 0.3 is 0 Å². The lowest BCUT2D eigenvalue weighted by atomic mass is 9.99. The van der Waals surface area contributed by atoms with E-state index in [9.17, 15) is 4.39 Å². The fourth-order valence-corrected chi connectivity index (χ4v) is 2.59. The minimum absolute atomic E-state index is 0.0200. The molecule has 1 saturated heterocycles. The lowest BCUT2D eigenvalue weighted by molar-refractivity contribution is 0.0661. The van der Waals surface area contributed by atoms with Crippen LogP contribution >= 0.6 is 0 Å². The van der Waals surface area contributed by atoms with Gasteiger partial charge in [0.05, 0.1) is 0 Å². The third-order valence-electron chi connectivity index (χ3n) is 3.64. The standard InChI is InChI=1S/C14H21FN2O/c1-10(13-5-3-4-8-17(13)2)18-14-7-6-11(16)9-12(14)15/h6-7,9-10,13H,3-5,8,16H2,1-2H3. The molecule has 0 aliphatic carbocycles. The summed E-state index contributed by atoms with van der Waals surface area (Å²) in [6.07, 6.45) is 3.53. The van der Waals surface area contributed by atoms with E-state index >= 15 is 0 Å². The monoisotopic (exact) mass is 252 g/mol. The second-order valence-corrected chi connectivity index (χ2v) is 5.06. The molecule has 2 unspecified atom stereocenters. The van der Waals surface area contributed by atoms with Gasteiger partial charge in [-0.05, 0) is 45.5 Å². The van der Waals surface area contributed by atoms with Gasteiger partial charge in [-0.1, -0.05) is 6.42 Å². The van der Waals surface area contributed by atoms with Gasteiger partial charge in [0, 0.05) is 17.8 Å².